The molecule has 7 heteroatoms. The maximum absolute atomic E-state index is 8.96. The van der Waals surface area contributed by atoms with E-state index in [1.807, 2.05) is 0 Å². The molecule has 0 radical (unpaired) electrons. The van der Waals surface area contributed by atoms with Crippen LogP contribution in [0.4, 0.5) is 0 Å². The molecule has 0 rings (SSSR count). The molecule has 0 bridgehead atoms. The van der Waals surface area contributed by atoms with Crippen molar-refractivity contribution in [3.63, 3.8) is 0 Å². The molecule has 0 saturated heterocycles. The summed E-state index contributed by atoms with van der Waals surface area (Å²) < 4.78 is 31.6. The van der Waals surface area contributed by atoms with Crippen LogP contribution in [-0.4, -0.2) is 58.8 Å². The third kappa shape index (κ3) is 27.7. The Hall–Kier alpha value is 0.830. The summed E-state index contributed by atoms with van der Waals surface area (Å²) in [7, 11) is -4.67. The van der Waals surface area contributed by atoms with E-state index in [0.29, 0.717) is 6.61 Å². The summed E-state index contributed by atoms with van der Waals surface area (Å²) in [6, 6.07) is 0. The molecule has 0 aromatic rings. The molecule has 0 aromatic carbocycles. The quantitative estimate of drug-likeness (QED) is 0.253. The molecular formula is C17H39NaO5S. The Kier molecular flexibility index (Phi) is 24.8. The molecule has 24 heavy (non-hydrogen) atoms. The first-order chi connectivity index (χ1) is 10.8. The fourth-order valence-corrected chi connectivity index (χ4v) is 2.82. The molecule has 5 nitrogen and oxygen atoms in total. The summed E-state index contributed by atoms with van der Waals surface area (Å²) in [6.45, 7) is 7.25. The normalized spacial score (nSPS) is 13.4. The first-order valence-corrected chi connectivity index (χ1v) is 10.5. The van der Waals surface area contributed by atoms with Gasteiger partial charge in [0.05, 0.1) is 0 Å². The molecule has 0 heterocycles. The van der Waals surface area contributed by atoms with E-state index in [0.717, 1.165) is 18.3 Å². The zero-order valence-corrected chi connectivity index (χ0v) is 16.0. The summed E-state index contributed by atoms with van der Waals surface area (Å²) in [5.74, 6) is 1.74. The molecule has 0 amide bonds. The van der Waals surface area contributed by atoms with Crippen LogP contribution in [0.5, 0.6) is 0 Å². The van der Waals surface area contributed by atoms with Gasteiger partial charge in [-0.15, -0.1) is 0 Å². The van der Waals surface area contributed by atoms with Gasteiger partial charge >= 0.3 is 40.0 Å². The van der Waals surface area contributed by atoms with Gasteiger partial charge in [-0.2, -0.15) is 8.42 Å². The van der Waals surface area contributed by atoms with Crippen LogP contribution in [0.2, 0.25) is 0 Å². The molecule has 0 aliphatic carbocycles. The molecule has 0 saturated carbocycles. The van der Waals surface area contributed by atoms with Crippen molar-refractivity contribution >= 4 is 40.0 Å². The predicted molar refractivity (Wildman–Crippen MR) is 103 cm³/mol. The minimum atomic E-state index is -4.67. The second-order valence-corrected chi connectivity index (χ2v) is 7.18. The Bertz CT molecular complexity index is 328. The van der Waals surface area contributed by atoms with Crippen molar-refractivity contribution < 1.29 is 22.6 Å². The van der Waals surface area contributed by atoms with Crippen LogP contribution >= 0.6 is 0 Å². The van der Waals surface area contributed by atoms with Crippen molar-refractivity contribution in [1.82, 2.24) is 0 Å². The molecule has 144 valence electrons. The fraction of sp³-hybridized carbons (Fsp3) is 1.00. The van der Waals surface area contributed by atoms with Crippen molar-refractivity contribution in [3.05, 3.63) is 0 Å². The van der Waals surface area contributed by atoms with Gasteiger partial charge in [-0.1, -0.05) is 85.0 Å². The first kappa shape index (κ1) is 29.6. The van der Waals surface area contributed by atoms with Gasteiger partial charge in [-0.25, -0.2) is 0 Å². The zero-order chi connectivity index (χ0) is 18.1. The monoisotopic (exact) mass is 378 g/mol. The average Bonchev–Trinajstić information content (AvgIpc) is 2.47. The van der Waals surface area contributed by atoms with Gasteiger partial charge in [-0.05, 0) is 18.3 Å². The van der Waals surface area contributed by atoms with Crippen LogP contribution < -0.4 is 0 Å². The van der Waals surface area contributed by atoms with Gasteiger partial charge < -0.3 is 5.11 Å². The Morgan fingerprint density at radius 3 is 1.46 bits per heavy atom. The topological polar surface area (TPSA) is 94.8 Å². The van der Waals surface area contributed by atoms with Crippen LogP contribution in [0.1, 0.15) is 91.4 Å². The molecule has 0 fully saturated rings. The van der Waals surface area contributed by atoms with E-state index in [1.165, 1.54) is 64.2 Å². The van der Waals surface area contributed by atoms with E-state index in [9.17, 15) is 0 Å². The average molecular weight is 379 g/mol. The molecule has 3 N–H and O–H groups in total. The van der Waals surface area contributed by atoms with Crippen LogP contribution in [0.25, 0.3) is 0 Å². The van der Waals surface area contributed by atoms with E-state index < -0.39 is 10.4 Å². The zero-order valence-electron chi connectivity index (χ0n) is 15.2. The Morgan fingerprint density at radius 1 is 0.750 bits per heavy atom. The molecule has 0 aromatic heterocycles. The van der Waals surface area contributed by atoms with E-state index in [4.69, 9.17) is 22.6 Å². The summed E-state index contributed by atoms with van der Waals surface area (Å²) in [5, 5.41) is 8.96. The van der Waals surface area contributed by atoms with E-state index >= 15 is 0 Å². The standard InChI is InChI=1S/C17H36O.Na.H2O4S.H/c1-4-7-11-16(5-2)12-9-8-10-13-17(6-3)14-15-18;;1-5(2,3)4;/h16-18H,4-15H2,1-3H3;;(H2,1,2,3,4);. The Morgan fingerprint density at radius 2 is 1.12 bits per heavy atom. The minimum absolute atomic E-state index is 0. The number of hydrogen-bond donors (Lipinski definition) is 3. The Balaban J connectivity index is -0.000000639. The first-order valence-electron chi connectivity index (χ1n) is 9.09. The molecular weight excluding hydrogens is 339 g/mol. The van der Waals surface area contributed by atoms with Crippen molar-refractivity contribution in [1.29, 1.82) is 0 Å². The second kappa shape index (κ2) is 20.1. The van der Waals surface area contributed by atoms with E-state index in [-0.39, 0.29) is 29.6 Å². The fourth-order valence-electron chi connectivity index (χ4n) is 2.82. The maximum atomic E-state index is 8.96. The number of aliphatic hydroxyl groups excluding tert-OH is 1. The van der Waals surface area contributed by atoms with Gasteiger partial charge in [0.15, 0.2) is 0 Å². The van der Waals surface area contributed by atoms with Crippen LogP contribution in [0.3, 0.4) is 0 Å². The van der Waals surface area contributed by atoms with E-state index in [2.05, 4.69) is 20.8 Å². The van der Waals surface area contributed by atoms with Crippen molar-refractivity contribution in [2.45, 2.75) is 91.4 Å². The van der Waals surface area contributed by atoms with Crippen LogP contribution in [-0.2, 0) is 10.4 Å². The van der Waals surface area contributed by atoms with Gasteiger partial charge in [0, 0.05) is 6.61 Å². The van der Waals surface area contributed by atoms with E-state index in [1.54, 1.807) is 0 Å². The number of unbranched alkanes of at least 4 members (excludes halogenated alkanes) is 3. The third-order valence-corrected chi connectivity index (χ3v) is 4.38. The molecule has 0 aliphatic rings. The SMILES string of the molecule is CCCCC(CC)CCCCCC(CC)CCO.O=S(=O)(O)O.[NaH]. The predicted octanol–water partition coefficient (Wildman–Crippen LogP) is 4.26. The number of aliphatic hydroxyl groups is 1. The van der Waals surface area contributed by atoms with Crippen LogP contribution in [0, 0.1) is 11.8 Å². The van der Waals surface area contributed by atoms with Gasteiger partial charge in [0.25, 0.3) is 0 Å². The summed E-state index contributed by atoms with van der Waals surface area (Å²) in [4.78, 5) is 0. The van der Waals surface area contributed by atoms with Gasteiger partial charge in [-0.3, -0.25) is 9.11 Å². The number of rotatable bonds is 13. The Labute approximate surface area is 171 Å². The van der Waals surface area contributed by atoms with Gasteiger partial charge in [0.2, 0.25) is 0 Å². The van der Waals surface area contributed by atoms with Crippen molar-refractivity contribution in [2.24, 2.45) is 11.8 Å². The molecule has 0 spiro atoms. The summed E-state index contributed by atoms with van der Waals surface area (Å²) >= 11 is 0. The third-order valence-electron chi connectivity index (χ3n) is 4.38. The summed E-state index contributed by atoms with van der Waals surface area (Å²) in [5.41, 5.74) is 0. The van der Waals surface area contributed by atoms with Gasteiger partial charge in [0.1, 0.15) is 0 Å². The second-order valence-electron chi connectivity index (χ2n) is 6.29. The molecule has 2 atom stereocenters. The van der Waals surface area contributed by atoms with Crippen molar-refractivity contribution in [2.75, 3.05) is 6.61 Å². The van der Waals surface area contributed by atoms with Crippen molar-refractivity contribution in [3.8, 4) is 0 Å². The molecule has 2 unspecified atom stereocenters. The summed E-state index contributed by atoms with van der Waals surface area (Å²) in [6.07, 6.45) is 14.7. The number of hydrogen-bond acceptors (Lipinski definition) is 3. The van der Waals surface area contributed by atoms with Crippen LogP contribution in [0.15, 0.2) is 0 Å². The molecule has 0 aliphatic heterocycles.